The molecular formula is C15H21N3O2. The standard InChI is InChI=1S/C15H21N3O2/c1-2-14(19)13-5-3-11(9-16-13)17-7-8-18-12(10-17)4-6-15(18)20/h3,5,9,12,14,19H,2,4,6-8,10H2,1H3/t12?,14-/m1/s1. The Labute approximate surface area is 119 Å². The van der Waals surface area contributed by atoms with Crippen LogP contribution in [0.1, 0.15) is 38.0 Å². The van der Waals surface area contributed by atoms with E-state index in [4.69, 9.17) is 0 Å². The van der Waals surface area contributed by atoms with Crippen molar-refractivity contribution in [3.05, 3.63) is 24.0 Å². The van der Waals surface area contributed by atoms with Crippen LogP contribution >= 0.6 is 0 Å². The first-order valence-electron chi connectivity index (χ1n) is 7.37. The van der Waals surface area contributed by atoms with E-state index in [9.17, 15) is 9.90 Å². The van der Waals surface area contributed by atoms with E-state index in [0.717, 1.165) is 37.4 Å². The quantitative estimate of drug-likeness (QED) is 0.904. The second-order valence-corrected chi connectivity index (χ2v) is 5.59. The van der Waals surface area contributed by atoms with Crippen LogP contribution in [0.3, 0.4) is 0 Å². The molecule has 0 saturated carbocycles. The third-order valence-corrected chi connectivity index (χ3v) is 4.36. The molecule has 3 rings (SSSR count). The third kappa shape index (κ3) is 2.38. The van der Waals surface area contributed by atoms with E-state index in [-0.39, 0.29) is 0 Å². The molecule has 2 saturated heterocycles. The van der Waals surface area contributed by atoms with Gasteiger partial charge in [-0.25, -0.2) is 0 Å². The summed E-state index contributed by atoms with van der Waals surface area (Å²) in [4.78, 5) is 20.3. The average molecular weight is 275 g/mol. The highest BCUT2D eigenvalue weighted by atomic mass is 16.3. The maximum atomic E-state index is 11.7. The van der Waals surface area contributed by atoms with Crippen LogP contribution in [0.15, 0.2) is 18.3 Å². The van der Waals surface area contributed by atoms with Gasteiger partial charge in [0.05, 0.1) is 23.7 Å². The minimum atomic E-state index is -0.478. The maximum Gasteiger partial charge on any atom is 0.223 e. The van der Waals surface area contributed by atoms with Crippen LogP contribution in [-0.2, 0) is 4.79 Å². The summed E-state index contributed by atoms with van der Waals surface area (Å²) in [6, 6.07) is 4.28. The number of amides is 1. The van der Waals surface area contributed by atoms with E-state index in [0.29, 0.717) is 24.8 Å². The van der Waals surface area contributed by atoms with Crippen LogP contribution < -0.4 is 4.90 Å². The molecule has 5 nitrogen and oxygen atoms in total. The lowest BCUT2D eigenvalue weighted by Crippen LogP contribution is -2.51. The number of piperazine rings is 1. The number of hydrogen-bond donors (Lipinski definition) is 1. The summed E-state index contributed by atoms with van der Waals surface area (Å²) in [5.41, 5.74) is 1.81. The Kier molecular flexibility index (Phi) is 3.61. The minimum absolute atomic E-state index is 0.300. The lowest BCUT2D eigenvalue weighted by Gasteiger charge is -2.38. The van der Waals surface area contributed by atoms with Gasteiger partial charge < -0.3 is 14.9 Å². The number of fused-ring (bicyclic) bond motifs is 1. The van der Waals surface area contributed by atoms with Crippen molar-refractivity contribution in [3.8, 4) is 0 Å². The number of pyridine rings is 1. The first-order chi connectivity index (χ1) is 9.69. The SMILES string of the molecule is CC[C@@H](O)c1ccc(N2CCN3C(=O)CCC3C2)cn1. The van der Waals surface area contributed by atoms with Crippen LogP contribution in [-0.4, -0.2) is 46.6 Å². The van der Waals surface area contributed by atoms with Crippen molar-refractivity contribution in [2.45, 2.75) is 38.3 Å². The van der Waals surface area contributed by atoms with Crippen molar-refractivity contribution < 1.29 is 9.90 Å². The van der Waals surface area contributed by atoms with E-state index >= 15 is 0 Å². The molecule has 1 amide bonds. The fraction of sp³-hybridized carbons (Fsp3) is 0.600. The number of carbonyl (C=O) groups is 1. The number of aromatic nitrogens is 1. The van der Waals surface area contributed by atoms with Gasteiger partial charge in [-0.1, -0.05) is 6.92 Å². The first-order valence-corrected chi connectivity index (χ1v) is 7.37. The Morgan fingerprint density at radius 1 is 1.45 bits per heavy atom. The van der Waals surface area contributed by atoms with Gasteiger partial charge in [-0.3, -0.25) is 9.78 Å². The number of carbonyl (C=O) groups excluding carboxylic acids is 1. The fourth-order valence-corrected chi connectivity index (χ4v) is 3.09. The molecule has 0 radical (unpaired) electrons. The molecule has 0 aliphatic carbocycles. The zero-order valence-electron chi connectivity index (χ0n) is 11.8. The molecule has 1 aromatic rings. The highest BCUT2D eigenvalue weighted by Crippen LogP contribution is 2.26. The van der Waals surface area contributed by atoms with E-state index in [1.54, 1.807) is 0 Å². The summed E-state index contributed by atoms with van der Waals surface area (Å²) < 4.78 is 0. The Balaban J connectivity index is 1.69. The fourth-order valence-electron chi connectivity index (χ4n) is 3.09. The average Bonchev–Trinajstić information content (AvgIpc) is 2.87. The minimum Gasteiger partial charge on any atom is -0.387 e. The molecule has 1 N–H and O–H groups in total. The summed E-state index contributed by atoms with van der Waals surface area (Å²) in [5, 5.41) is 9.76. The molecule has 2 fully saturated rings. The molecule has 0 aromatic carbocycles. The third-order valence-electron chi connectivity index (χ3n) is 4.36. The van der Waals surface area contributed by atoms with Gasteiger partial charge in [0.1, 0.15) is 0 Å². The molecular weight excluding hydrogens is 254 g/mol. The van der Waals surface area contributed by atoms with Gasteiger partial charge in [-0.15, -0.1) is 0 Å². The van der Waals surface area contributed by atoms with Crippen LogP contribution in [0.2, 0.25) is 0 Å². The number of aliphatic hydroxyl groups excluding tert-OH is 1. The highest BCUT2D eigenvalue weighted by molar-refractivity contribution is 5.79. The van der Waals surface area contributed by atoms with Crippen molar-refractivity contribution in [3.63, 3.8) is 0 Å². The van der Waals surface area contributed by atoms with E-state index in [1.165, 1.54) is 0 Å². The van der Waals surface area contributed by atoms with Crippen molar-refractivity contribution >= 4 is 11.6 Å². The summed E-state index contributed by atoms with van der Waals surface area (Å²) in [6.45, 7) is 4.50. The first kappa shape index (κ1) is 13.4. The molecule has 0 bridgehead atoms. The second-order valence-electron chi connectivity index (χ2n) is 5.59. The van der Waals surface area contributed by atoms with Gasteiger partial charge in [0.25, 0.3) is 0 Å². The van der Waals surface area contributed by atoms with Crippen LogP contribution in [0.5, 0.6) is 0 Å². The number of aliphatic hydroxyl groups is 1. The van der Waals surface area contributed by atoms with Gasteiger partial charge >= 0.3 is 0 Å². The van der Waals surface area contributed by atoms with Gasteiger partial charge in [-0.05, 0) is 25.0 Å². The summed E-state index contributed by atoms with van der Waals surface area (Å²) >= 11 is 0. The predicted molar refractivity (Wildman–Crippen MR) is 76.4 cm³/mol. The molecule has 108 valence electrons. The maximum absolute atomic E-state index is 11.7. The molecule has 2 atom stereocenters. The Bertz CT molecular complexity index is 488. The smallest absolute Gasteiger partial charge is 0.223 e. The molecule has 1 aromatic heterocycles. The highest BCUT2D eigenvalue weighted by Gasteiger charge is 2.35. The van der Waals surface area contributed by atoms with Crippen molar-refractivity contribution in [2.24, 2.45) is 0 Å². The Morgan fingerprint density at radius 3 is 3.00 bits per heavy atom. The monoisotopic (exact) mass is 275 g/mol. The molecule has 2 aliphatic heterocycles. The van der Waals surface area contributed by atoms with E-state index in [1.807, 2.05) is 30.2 Å². The predicted octanol–water partition coefficient (Wildman–Crippen LogP) is 1.34. The van der Waals surface area contributed by atoms with Gasteiger partial charge in [0.2, 0.25) is 5.91 Å². The summed E-state index contributed by atoms with van der Waals surface area (Å²) in [7, 11) is 0. The Morgan fingerprint density at radius 2 is 2.30 bits per heavy atom. The normalized spacial score (nSPS) is 23.9. The molecule has 5 heteroatoms. The molecule has 20 heavy (non-hydrogen) atoms. The van der Waals surface area contributed by atoms with Crippen molar-refractivity contribution in [1.82, 2.24) is 9.88 Å². The van der Waals surface area contributed by atoms with Gasteiger partial charge in [0.15, 0.2) is 0 Å². The molecule has 0 spiro atoms. The summed E-state index contributed by atoms with van der Waals surface area (Å²) in [6.07, 6.45) is 3.69. The number of hydrogen-bond acceptors (Lipinski definition) is 4. The second kappa shape index (κ2) is 5.40. The molecule has 2 aliphatic rings. The van der Waals surface area contributed by atoms with Gasteiger partial charge in [-0.2, -0.15) is 0 Å². The van der Waals surface area contributed by atoms with Crippen molar-refractivity contribution in [1.29, 1.82) is 0 Å². The van der Waals surface area contributed by atoms with Crippen molar-refractivity contribution in [2.75, 3.05) is 24.5 Å². The van der Waals surface area contributed by atoms with Crippen LogP contribution in [0.25, 0.3) is 0 Å². The Hall–Kier alpha value is -1.62. The van der Waals surface area contributed by atoms with Crippen LogP contribution in [0.4, 0.5) is 5.69 Å². The topological polar surface area (TPSA) is 56.7 Å². The number of rotatable bonds is 3. The van der Waals surface area contributed by atoms with Crippen LogP contribution in [0, 0.1) is 0 Å². The lowest BCUT2D eigenvalue weighted by molar-refractivity contribution is -0.129. The number of nitrogens with zero attached hydrogens (tertiary/aromatic N) is 3. The lowest BCUT2D eigenvalue weighted by atomic mass is 10.1. The molecule has 1 unspecified atom stereocenters. The summed E-state index contributed by atoms with van der Waals surface area (Å²) in [5.74, 6) is 0.300. The number of anilines is 1. The van der Waals surface area contributed by atoms with E-state index < -0.39 is 6.10 Å². The van der Waals surface area contributed by atoms with Gasteiger partial charge in [0, 0.05) is 32.1 Å². The molecule has 3 heterocycles. The largest absolute Gasteiger partial charge is 0.387 e. The van der Waals surface area contributed by atoms with E-state index in [2.05, 4.69) is 9.88 Å². The zero-order chi connectivity index (χ0) is 14.1. The zero-order valence-corrected chi connectivity index (χ0v) is 11.8.